The van der Waals surface area contributed by atoms with Crippen LogP contribution in [0.4, 0.5) is 5.69 Å². The maximum Gasteiger partial charge on any atom is 0.305 e. The van der Waals surface area contributed by atoms with Crippen molar-refractivity contribution >= 4 is 40.6 Å². The van der Waals surface area contributed by atoms with E-state index in [1.807, 2.05) is 24.3 Å². The molecule has 1 atom stereocenters. The number of aromatic nitrogens is 1. The van der Waals surface area contributed by atoms with Crippen LogP contribution < -0.4 is 21.9 Å². The lowest BCUT2D eigenvalue weighted by molar-refractivity contribution is -0.137. The van der Waals surface area contributed by atoms with E-state index in [0.717, 1.165) is 10.8 Å². The van der Waals surface area contributed by atoms with Crippen molar-refractivity contribution < 1.29 is 19.5 Å². The zero-order chi connectivity index (χ0) is 22.9. The molecule has 3 rings (SSSR count). The van der Waals surface area contributed by atoms with Crippen LogP contribution in [0.3, 0.4) is 0 Å². The van der Waals surface area contributed by atoms with E-state index in [2.05, 4.69) is 26.0 Å². The van der Waals surface area contributed by atoms with E-state index in [0.29, 0.717) is 16.8 Å². The number of hydrogen-bond donors (Lipinski definition) is 5. The number of amides is 2. The van der Waals surface area contributed by atoms with Gasteiger partial charge in [-0.3, -0.25) is 19.4 Å². The van der Waals surface area contributed by atoms with Crippen molar-refractivity contribution in [2.75, 3.05) is 6.54 Å². The number of aliphatic imine (C=N–C) groups is 1. The molecule has 1 heterocycles. The maximum absolute atomic E-state index is 12.7. The normalized spacial score (nSPS) is 11.8. The second kappa shape index (κ2) is 10.6. The fraction of sp³-hybridized carbons (Fsp3) is 0.136. The molecule has 0 aliphatic rings. The van der Waals surface area contributed by atoms with Gasteiger partial charge in [-0.05, 0) is 29.1 Å². The van der Waals surface area contributed by atoms with Gasteiger partial charge in [0.05, 0.1) is 24.7 Å². The SMILES string of the molecule is NNC=Nc1cc(C(=O)NCC(=O)NC(CC(=O)O)c2cccnc2)cc2ccccc12. The monoisotopic (exact) mass is 434 g/mol. The Labute approximate surface area is 183 Å². The highest BCUT2D eigenvalue weighted by Gasteiger charge is 2.19. The number of hydrazine groups is 1. The summed E-state index contributed by atoms with van der Waals surface area (Å²) in [6.07, 6.45) is 4.03. The quantitative estimate of drug-likeness (QED) is 0.147. The Morgan fingerprint density at radius 3 is 2.69 bits per heavy atom. The fourth-order valence-corrected chi connectivity index (χ4v) is 3.15. The maximum atomic E-state index is 12.7. The number of carboxylic acids is 1. The van der Waals surface area contributed by atoms with Crippen LogP contribution in [0.5, 0.6) is 0 Å². The molecule has 6 N–H and O–H groups in total. The first-order chi connectivity index (χ1) is 15.5. The Morgan fingerprint density at radius 1 is 1.16 bits per heavy atom. The standard InChI is InChI=1S/C22H22N6O4/c23-27-13-26-19-9-16(8-14-4-1-2-6-17(14)19)22(32)25-12-20(29)28-18(10-21(30)31)15-5-3-7-24-11-15/h1-9,11,13,18H,10,12,23H2,(H,25,32)(H,26,27)(H,28,29)(H,30,31). The lowest BCUT2D eigenvalue weighted by Crippen LogP contribution is -2.39. The molecule has 2 amide bonds. The third-order valence-electron chi connectivity index (χ3n) is 4.59. The van der Waals surface area contributed by atoms with Gasteiger partial charge in [0, 0.05) is 23.3 Å². The number of aliphatic carboxylic acids is 1. The number of nitrogens with two attached hydrogens (primary N) is 1. The minimum Gasteiger partial charge on any atom is -0.481 e. The predicted molar refractivity (Wildman–Crippen MR) is 119 cm³/mol. The highest BCUT2D eigenvalue weighted by atomic mass is 16.4. The highest BCUT2D eigenvalue weighted by Crippen LogP contribution is 2.27. The summed E-state index contributed by atoms with van der Waals surface area (Å²) in [7, 11) is 0. The molecule has 1 aromatic heterocycles. The summed E-state index contributed by atoms with van der Waals surface area (Å²) in [5.74, 6) is 3.18. The third-order valence-corrected chi connectivity index (χ3v) is 4.59. The number of nitrogens with zero attached hydrogens (tertiary/aromatic N) is 2. The van der Waals surface area contributed by atoms with E-state index in [4.69, 9.17) is 10.9 Å². The first kappa shape index (κ1) is 22.4. The summed E-state index contributed by atoms with van der Waals surface area (Å²) < 4.78 is 0. The molecule has 0 bridgehead atoms. The summed E-state index contributed by atoms with van der Waals surface area (Å²) in [6.45, 7) is -0.328. The van der Waals surface area contributed by atoms with E-state index in [1.165, 1.54) is 12.5 Å². The first-order valence-corrected chi connectivity index (χ1v) is 9.68. The average molecular weight is 434 g/mol. The zero-order valence-electron chi connectivity index (χ0n) is 17.0. The summed E-state index contributed by atoms with van der Waals surface area (Å²) >= 11 is 0. The van der Waals surface area contributed by atoms with Gasteiger partial charge in [0.15, 0.2) is 0 Å². The molecule has 0 radical (unpaired) electrons. The molecular formula is C22H22N6O4. The minimum atomic E-state index is -1.07. The average Bonchev–Trinajstić information content (AvgIpc) is 2.80. The molecule has 2 aromatic carbocycles. The zero-order valence-corrected chi connectivity index (χ0v) is 17.0. The molecule has 0 spiro atoms. The summed E-state index contributed by atoms with van der Waals surface area (Å²) in [5, 5.41) is 15.9. The van der Waals surface area contributed by atoms with Gasteiger partial charge in [0.1, 0.15) is 6.34 Å². The van der Waals surface area contributed by atoms with Crippen LogP contribution >= 0.6 is 0 Å². The van der Waals surface area contributed by atoms with Gasteiger partial charge in [0.25, 0.3) is 5.91 Å². The number of carboxylic acid groups (broad SMARTS) is 1. The van der Waals surface area contributed by atoms with Crippen molar-refractivity contribution in [1.29, 1.82) is 0 Å². The Balaban J connectivity index is 1.70. The molecule has 0 aliphatic carbocycles. The van der Waals surface area contributed by atoms with Crippen LogP contribution in [0.15, 0.2) is 65.9 Å². The summed E-state index contributed by atoms with van der Waals surface area (Å²) in [6, 6.07) is 13.3. The topological polar surface area (TPSA) is 159 Å². The van der Waals surface area contributed by atoms with Crippen LogP contribution in [0.25, 0.3) is 10.8 Å². The Morgan fingerprint density at radius 2 is 1.97 bits per heavy atom. The third kappa shape index (κ3) is 5.86. The summed E-state index contributed by atoms with van der Waals surface area (Å²) in [5.41, 5.74) is 3.73. The van der Waals surface area contributed by atoms with Gasteiger partial charge < -0.3 is 21.2 Å². The number of carbonyl (C=O) groups is 3. The minimum absolute atomic E-state index is 0.313. The first-order valence-electron chi connectivity index (χ1n) is 9.68. The van der Waals surface area contributed by atoms with Gasteiger partial charge in [-0.15, -0.1) is 0 Å². The van der Waals surface area contributed by atoms with Crippen molar-refractivity contribution in [3.63, 3.8) is 0 Å². The molecule has 10 heteroatoms. The van der Waals surface area contributed by atoms with Gasteiger partial charge in [-0.25, -0.2) is 10.8 Å². The van der Waals surface area contributed by atoms with E-state index in [-0.39, 0.29) is 13.0 Å². The number of carbonyl (C=O) groups excluding carboxylic acids is 2. The Hall–Kier alpha value is -4.31. The lowest BCUT2D eigenvalue weighted by Gasteiger charge is -2.17. The number of nitrogens with one attached hydrogen (secondary N) is 3. The Kier molecular flexibility index (Phi) is 7.44. The number of hydrogen-bond acceptors (Lipinski definition) is 6. The second-order valence-corrected chi connectivity index (χ2v) is 6.83. The molecule has 32 heavy (non-hydrogen) atoms. The van der Waals surface area contributed by atoms with Crippen molar-refractivity contribution in [3.05, 3.63) is 72.1 Å². The van der Waals surface area contributed by atoms with E-state index in [1.54, 1.807) is 30.5 Å². The molecule has 3 aromatic rings. The van der Waals surface area contributed by atoms with Crippen LogP contribution in [-0.4, -0.2) is 40.8 Å². The van der Waals surface area contributed by atoms with Crippen molar-refractivity contribution in [1.82, 2.24) is 21.0 Å². The number of rotatable bonds is 9. The van der Waals surface area contributed by atoms with E-state index in [9.17, 15) is 14.4 Å². The molecule has 0 fully saturated rings. The molecule has 0 saturated carbocycles. The van der Waals surface area contributed by atoms with Gasteiger partial charge in [-0.1, -0.05) is 30.3 Å². The predicted octanol–water partition coefficient (Wildman–Crippen LogP) is 1.42. The largest absolute Gasteiger partial charge is 0.481 e. The number of fused-ring (bicyclic) bond motifs is 1. The van der Waals surface area contributed by atoms with E-state index < -0.39 is 23.8 Å². The van der Waals surface area contributed by atoms with Crippen LogP contribution in [0.1, 0.15) is 28.4 Å². The van der Waals surface area contributed by atoms with Gasteiger partial charge >= 0.3 is 5.97 Å². The smallest absolute Gasteiger partial charge is 0.305 e. The molecule has 0 saturated heterocycles. The number of benzene rings is 2. The lowest BCUT2D eigenvalue weighted by atomic mass is 10.0. The fourth-order valence-electron chi connectivity index (χ4n) is 3.15. The molecule has 164 valence electrons. The van der Waals surface area contributed by atoms with E-state index >= 15 is 0 Å². The van der Waals surface area contributed by atoms with Crippen LogP contribution in [-0.2, 0) is 9.59 Å². The van der Waals surface area contributed by atoms with Crippen molar-refractivity contribution in [2.45, 2.75) is 12.5 Å². The second-order valence-electron chi connectivity index (χ2n) is 6.83. The molecule has 0 aliphatic heterocycles. The van der Waals surface area contributed by atoms with Gasteiger partial charge in [0.2, 0.25) is 5.91 Å². The van der Waals surface area contributed by atoms with Gasteiger partial charge in [-0.2, -0.15) is 0 Å². The Bertz CT molecular complexity index is 1150. The molecular weight excluding hydrogens is 412 g/mol. The molecule has 10 nitrogen and oxygen atoms in total. The van der Waals surface area contributed by atoms with Crippen LogP contribution in [0, 0.1) is 0 Å². The summed E-state index contributed by atoms with van der Waals surface area (Å²) in [4.78, 5) is 44.4. The number of pyridine rings is 1. The highest BCUT2D eigenvalue weighted by molar-refractivity contribution is 6.04. The molecule has 1 unspecified atom stereocenters. The van der Waals surface area contributed by atoms with Crippen molar-refractivity contribution in [3.8, 4) is 0 Å². The van der Waals surface area contributed by atoms with Crippen LogP contribution in [0.2, 0.25) is 0 Å². The van der Waals surface area contributed by atoms with Crippen molar-refractivity contribution in [2.24, 2.45) is 10.8 Å².